The van der Waals surface area contributed by atoms with E-state index in [1.165, 1.54) is 0 Å². The van der Waals surface area contributed by atoms with Gasteiger partial charge in [0, 0.05) is 22.3 Å². The number of aromatic nitrogens is 1. The average molecular weight is 299 g/mol. The highest BCUT2D eigenvalue weighted by Crippen LogP contribution is 2.33. The molecule has 2 aromatic carbocycles. The molecule has 3 rings (SSSR count). The van der Waals surface area contributed by atoms with Crippen molar-refractivity contribution < 1.29 is 4.74 Å². The fourth-order valence-electron chi connectivity index (χ4n) is 2.22. The Morgan fingerprint density at radius 1 is 1.00 bits per heavy atom. The van der Waals surface area contributed by atoms with Crippen LogP contribution < -0.4 is 10.5 Å². The summed E-state index contributed by atoms with van der Waals surface area (Å²) in [6.07, 6.45) is 1.72. The van der Waals surface area contributed by atoms with Crippen molar-refractivity contribution >= 4 is 28.2 Å². The molecule has 0 amide bonds. The van der Waals surface area contributed by atoms with Gasteiger partial charge in [-0.15, -0.1) is 0 Å². The van der Waals surface area contributed by atoms with Crippen molar-refractivity contribution in [1.29, 1.82) is 0 Å². The van der Waals surface area contributed by atoms with E-state index in [4.69, 9.17) is 22.1 Å². The molecule has 0 saturated carbocycles. The summed E-state index contributed by atoms with van der Waals surface area (Å²) in [7, 11) is 0. The van der Waals surface area contributed by atoms with Crippen molar-refractivity contribution in [3.05, 3.63) is 58.7 Å². The highest BCUT2D eigenvalue weighted by molar-refractivity contribution is 6.31. The number of nitrogen functional groups attached to an aromatic ring is 1. The maximum atomic E-state index is 6.06. The SMILES string of the molecule is Cc1cc(Oc2ccnc3cc(Cl)ccc23)c(C)cc1N. The highest BCUT2D eigenvalue weighted by Gasteiger charge is 2.08. The molecule has 0 atom stereocenters. The second kappa shape index (κ2) is 5.26. The molecule has 3 nitrogen and oxygen atoms in total. The van der Waals surface area contributed by atoms with Gasteiger partial charge >= 0.3 is 0 Å². The summed E-state index contributed by atoms with van der Waals surface area (Å²) in [5.41, 5.74) is 9.48. The quantitative estimate of drug-likeness (QED) is 0.686. The number of rotatable bonds is 2. The predicted molar refractivity (Wildman–Crippen MR) is 87.2 cm³/mol. The number of ether oxygens (including phenoxy) is 1. The Hall–Kier alpha value is -2.26. The first kappa shape index (κ1) is 13.7. The van der Waals surface area contributed by atoms with Crippen LogP contribution in [-0.4, -0.2) is 4.98 Å². The number of benzene rings is 2. The van der Waals surface area contributed by atoms with E-state index < -0.39 is 0 Å². The minimum absolute atomic E-state index is 0.659. The van der Waals surface area contributed by atoms with Gasteiger partial charge in [0.1, 0.15) is 11.5 Å². The van der Waals surface area contributed by atoms with E-state index in [9.17, 15) is 0 Å². The van der Waals surface area contributed by atoms with Crippen LogP contribution in [0.3, 0.4) is 0 Å². The summed E-state index contributed by atoms with van der Waals surface area (Å²) < 4.78 is 6.06. The lowest BCUT2D eigenvalue weighted by atomic mass is 10.1. The monoisotopic (exact) mass is 298 g/mol. The van der Waals surface area contributed by atoms with E-state index in [-0.39, 0.29) is 0 Å². The third kappa shape index (κ3) is 2.65. The first-order valence-corrected chi connectivity index (χ1v) is 7.01. The van der Waals surface area contributed by atoms with Gasteiger partial charge in [0.15, 0.2) is 0 Å². The molecule has 0 fully saturated rings. The number of aryl methyl sites for hydroxylation is 2. The summed E-state index contributed by atoms with van der Waals surface area (Å²) in [5, 5.41) is 1.59. The number of pyridine rings is 1. The van der Waals surface area contributed by atoms with Crippen LogP contribution in [0.5, 0.6) is 11.5 Å². The van der Waals surface area contributed by atoms with Gasteiger partial charge in [-0.1, -0.05) is 11.6 Å². The van der Waals surface area contributed by atoms with Crippen LogP contribution in [0.1, 0.15) is 11.1 Å². The lowest BCUT2D eigenvalue weighted by molar-refractivity contribution is 0.484. The smallest absolute Gasteiger partial charge is 0.138 e. The van der Waals surface area contributed by atoms with Crippen molar-refractivity contribution in [2.75, 3.05) is 5.73 Å². The number of nitrogens with two attached hydrogens (primary N) is 1. The van der Waals surface area contributed by atoms with Crippen LogP contribution in [0, 0.1) is 13.8 Å². The van der Waals surface area contributed by atoms with Crippen molar-refractivity contribution in [3.8, 4) is 11.5 Å². The first-order chi connectivity index (χ1) is 10.0. The second-order valence-electron chi connectivity index (χ2n) is 5.05. The molecular formula is C17H15ClN2O. The summed E-state index contributed by atoms with van der Waals surface area (Å²) in [6.45, 7) is 3.94. The van der Waals surface area contributed by atoms with E-state index in [1.807, 2.05) is 50.2 Å². The molecule has 2 N–H and O–H groups in total. The third-order valence-corrected chi connectivity index (χ3v) is 3.68. The van der Waals surface area contributed by atoms with Gasteiger partial charge in [0.05, 0.1) is 5.52 Å². The van der Waals surface area contributed by atoms with E-state index in [0.29, 0.717) is 5.02 Å². The maximum absolute atomic E-state index is 6.06. The Morgan fingerprint density at radius 2 is 1.81 bits per heavy atom. The molecule has 0 radical (unpaired) electrons. The fraction of sp³-hybridized carbons (Fsp3) is 0.118. The lowest BCUT2D eigenvalue weighted by Gasteiger charge is -2.13. The standard InChI is InChI=1S/C17H15ClN2O/c1-10-8-17(11(2)7-14(10)19)21-16-5-6-20-15-9-12(18)3-4-13(15)16/h3-9H,19H2,1-2H3. The number of fused-ring (bicyclic) bond motifs is 1. The normalized spacial score (nSPS) is 10.8. The third-order valence-electron chi connectivity index (χ3n) is 3.45. The molecule has 4 heteroatoms. The number of hydrogen-bond acceptors (Lipinski definition) is 3. The molecule has 21 heavy (non-hydrogen) atoms. The van der Waals surface area contributed by atoms with E-state index in [2.05, 4.69) is 4.98 Å². The number of anilines is 1. The van der Waals surface area contributed by atoms with Crippen molar-refractivity contribution in [2.24, 2.45) is 0 Å². The fourth-order valence-corrected chi connectivity index (χ4v) is 2.39. The van der Waals surface area contributed by atoms with E-state index in [0.717, 1.165) is 39.2 Å². The lowest BCUT2D eigenvalue weighted by Crippen LogP contribution is -1.95. The zero-order chi connectivity index (χ0) is 15.0. The van der Waals surface area contributed by atoms with Crippen LogP contribution in [0.15, 0.2) is 42.6 Å². The Bertz CT molecular complexity index is 830. The van der Waals surface area contributed by atoms with Gasteiger partial charge in [0.25, 0.3) is 0 Å². The van der Waals surface area contributed by atoms with Crippen LogP contribution >= 0.6 is 11.6 Å². The van der Waals surface area contributed by atoms with Crippen LogP contribution in [0.25, 0.3) is 10.9 Å². The van der Waals surface area contributed by atoms with E-state index in [1.54, 1.807) is 6.20 Å². The molecule has 0 aliphatic heterocycles. The molecule has 0 bridgehead atoms. The van der Waals surface area contributed by atoms with Gasteiger partial charge in [0.2, 0.25) is 0 Å². The summed E-state index contributed by atoms with van der Waals surface area (Å²) >= 11 is 6.00. The molecule has 0 aliphatic carbocycles. The Balaban J connectivity index is 2.08. The molecule has 0 spiro atoms. The molecule has 106 valence electrons. The van der Waals surface area contributed by atoms with E-state index >= 15 is 0 Å². The molecule has 0 unspecified atom stereocenters. The molecule has 0 aliphatic rings. The Labute approximate surface area is 128 Å². The van der Waals surface area contributed by atoms with Gasteiger partial charge < -0.3 is 10.5 Å². The molecule has 1 aromatic heterocycles. The van der Waals surface area contributed by atoms with Crippen molar-refractivity contribution in [1.82, 2.24) is 4.98 Å². The summed E-state index contributed by atoms with van der Waals surface area (Å²) in [5.74, 6) is 1.55. The van der Waals surface area contributed by atoms with Crippen molar-refractivity contribution in [2.45, 2.75) is 13.8 Å². The first-order valence-electron chi connectivity index (χ1n) is 6.63. The van der Waals surface area contributed by atoms with Crippen molar-refractivity contribution in [3.63, 3.8) is 0 Å². The number of hydrogen-bond donors (Lipinski definition) is 1. The van der Waals surface area contributed by atoms with Gasteiger partial charge in [-0.05, 0) is 61.4 Å². The Kier molecular flexibility index (Phi) is 3.43. The van der Waals surface area contributed by atoms with Crippen LogP contribution in [0.2, 0.25) is 5.02 Å². The molecule has 0 saturated heterocycles. The predicted octanol–water partition coefficient (Wildman–Crippen LogP) is 4.88. The minimum Gasteiger partial charge on any atom is -0.456 e. The number of nitrogens with zero attached hydrogens (tertiary/aromatic N) is 1. The van der Waals surface area contributed by atoms with Gasteiger partial charge in [-0.25, -0.2) is 0 Å². The maximum Gasteiger partial charge on any atom is 0.138 e. The van der Waals surface area contributed by atoms with Crippen LogP contribution in [0.4, 0.5) is 5.69 Å². The zero-order valence-electron chi connectivity index (χ0n) is 11.9. The minimum atomic E-state index is 0.659. The topological polar surface area (TPSA) is 48.1 Å². The van der Waals surface area contributed by atoms with Gasteiger partial charge in [-0.3, -0.25) is 4.98 Å². The Morgan fingerprint density at radius 3 is 2.62 bits per heavy atom. The second-order valence-corrected chi connectivity index (χ2v) is 5.48. The zero-order valence-corrected chi connectivity index (χ0v) is 12.6. The number of halogens is 1. The summed E-state index contributed by atoms with van der Waals surface area (Å²) in [4.78, 5) is 4.31. The van der Waals surface area contributed by atoms with Gasteiger partial charge in [-0.2, -0.15) is 0 Å². The molecular weight excluding hydrogens is 284 g/mol. The highest BCUT2D eigenvalue weighted by atomic mass is 35.5. The average Bonchev–Trinajstić information content (AvgIpc) is 2.44. The summed E-state index contributed by atoms with van der Waals surface area (Å²) in [6, 6.07) is 11.3. The van der Waals surface area contributed by atoms with Crippen LogP contribution in [-0.2, 0) is 0 Å². The molecule has 1 heterocycles. The largest absolute Gasteiger partial charge is 0.456 e. The molecule has 3 aromatic rings.